The standard InChI is InChI=1S/C13H12ClN3O3S/c1-21(19,20)17-10-4-2-3-9(7-10)16-13(18)11-5-6-15-8-12(11)14/h2-8,17H,1H3,(H,16,18). The fraction of sp³-hybridized carbons (Fsp3) is 0.0769. The predicted octanol–water partition coefficient (Wildman–Crippen LogP) is 2.36. The van der Waals surface area contributed by atoms with E-state index in [1.165, 1.54) is 24.5 Å². The zero-order valence-corrected chi connectivity index (χ0v) is 12.6. The molecule has 8 heteroatoms. The summed E-state index contributed by atoms with van der Waals surface area (Å²) in [4.78, 5) is 15.9. The van der Waals surface area contributed by atoms with E-state index >= 15 is 0 Å². The molecule has 0 radical (unpaired) electrons. The summed E-state index contributed by atoms with van der Waals surface area (Å²) < 4.78 is 24.7. The number of hydrogen-bond acceptors (Lipinski definition) is 4. The molecule has 0 fully saturated rings. The van der Waals surface area contributed by atoms with Crippen LogP contribution in [0.15, 0.2) is 42.7 Å². The van der Waals surface area contributed by atoms with Crippen molar-refractivity contribution in [2.24, 2.45) is 0 Å². The van der Waals surface area contributed by atoms with Gasteiger partial charge >= 0.3 is 0 Å². The smallest absolute Gasteiger partial charge is 0.257 e. The quantitative estimate of drug-likeness (QED) is 0.903. The van der Waals surface area contributed by atoms with Crippen LogP contribution in [0.5, 0.6) is 0 Å². The Kier molecular flexibility index (Phi) is 4.44. The van der Waals surface area contributed by atoms with E-state index in [1.54, 1.807) is 18.2 Å². The van der Waals surface area contributed by atoms with Gasteiger partial charge in [0.2, 0.25) is 10.0 Å². The highest BCUT2D eigenvalue weighted by molar-refractivity contribution is 7.92. The van der Waals surface area contributed by atoms with E-state index in [0.29, 0.717) is 11.4 Å². The van der Waals surface area contributed by atoms with Crippen LogP contribution < -0.4 is 10.0 Å². The van der Waals surface area contributed by atoms with Crippen molar-refractivity contribution in [3.05, 3.63) is 53.3 Å². The molecule has 21 heavy (non-hydrogen) atoms. The van der Waals surface area contributed by atoms with Crippen LogP contribution in [0.2, 0.25) is 5.02 Å². The summed E-state index contributed by atoms with van der Waals surface area (Å²) in [6.07, 6.45) is 3.88. The monoisotopic (exact) mass is 325 g/mol. The third-order valence-corrected chi connectivity index (χ3v) is 3.35. The number of nitrogens with zero attached hydrogens (tertiary/aromatic N) is 1. The van der Waals surface area contributed by atoms with Gasteiger partial charge in [-0.25, -0.2) is 8.42 Å². The van der Waals surface area contributed by atoms with Crippen molar-refractivity contribution in [3.63, 3.8) is 0 Å². The van der Waals surface area contributed by atoms with Gasteiger partial charge in [-0.15, -0.1) is 0 Å². The second-order valence-corrected chi connectivity index (χ2v) is 6.42. The van der Waals surface area contributed by atoms with E-state index in [9.17, 15) is 13.2 Å². The number of halogens is 1. The van der Waals surface area contributed by atoms with Crippen LogP contribution in [0.1, 0.15) is 10.4 Å². The maximum absolute atomic E-state index is 12.1. The molecule has 110 valence electrons. The van der Waals surface area contributed by atoms with Crippen molar-refractivity contribution < 1.29 is 13.2 Å². The van der Waals surface area contributed by atoms with Crippen molar-refractivity contribution in [1.82, 2.24) is 4.98 Å². The van der Waals surface area contributed by atoms with Gasteiger partial charge in [0.05, 0.1) is 22.5 Å². The molecule has 0 saturated heterocycles. The van der Waals surface area contributed by atoms with Crippen molar-refractivity contribution in [3.8, 4) is 0 Å². The van der Waals surface area contributed by atoms with Crippen LogP contribution in [-0.4, -0.2) is 25.6 Å². The van der Waals surface area contributed by atoms with Crippen LogP contribution in [0.25, 0.3) is 0 Å². The van der Waals surface area contributed by atoms with E-state index in [0.717, 1.165) is 6.26 Å². The molecule has 0 atom stereocenters. The molecule has 0 aliphatic carbocycles. The molecule has 2 rings (SSSR count). The van der Waals surface area contributed by atoms with E-state index in [1.807, 2.05) is 0 Å². The van der Waals surface area contributed by atoms with Crippen LogP contribution in [0.3, 0.4) is 0 Å². The predicted molar refractivity (Wildman–Crippen MR) is 82.1 cm³/mol. The summed E-state index contributed by atoms with van der Waals surface area (Å²) >= 11 is 5.89. The molecule has 0 aliphatic heterocycles. The maximum Gasteiger partial charge on any atom is 0.257 e. The van der Waals surface area contributed by atoms with Gasteiger partial charge in [0.1, 0.15) is 0 Å². The summed E-state index contributed by atoms with van der Waals surface area (Å²) in [5.41, 5.74) is 1.09. The molecule has 2 N–H and O–H groups in total. The minimum atomic E-state index is -3.37. The first kappa shape index (κ1) is 15.3. The minimum Gasteiger partial charge on any atom is -0.322 e. The highest BCUT2D eigenvalue weighted by Crippen LogP contribution is 2.19. The van der Waals surface area contributed by atoms with Crippen molar-refractivity contribution in [1.29, 1.82) is 0 Å². The average Bonchev–Trinajstić information content (AvgIpc) is 2.37. The first-order valence-electron chi connectivity index (χ1n) is 5.84. The zero-order chi connectivity index (χ0) is 15.5. The highest BCUT2D eigenvalue weighted by Gasteiger charge is 2.11. The zero-order valence-electron chi connectivity index (χ0n) is 11.0. The van der Waals surface area contributed by atoms with Gasteiger partial charge in [0.25, 0.3) is 5.91 Å². The number of amides is 1. The Hall–Kier alpha value is -2.12. The summed E-state index contributed by atoms with van der Waals surface area (Å²) in [5, 5.41) is 2.88. The SMILES string of the molecule is CS(=O)(=O)Nc1cccc(NC(=O)c2ccncc2Cl)c1. The Morgan fingerprint density at radius 2 is 1.95 bits per heavy atom. The molecule has 0 spiro atoms. The van der Waals surface area contributed by atoms with Gasteiger partial charge in [0, 0.05) is 18.1 Å². The number of nitrogens with one attached hydrogen (secondary N) is 2. The van der Waals surface area contributed by atoms with Gasteiger partial charge in [-0.1, -0.05) is 17.7 Å². The third kappa shape index (κ3) is 4.44. The normalized spacial score (nSPS) is 11.0. The van der Waals surface area contributed by atoms with E-state index in [-0.39, 0.29) is 10.6 Å². The molecular weight excluding hydrogens is 314 g/mol. The summed E-state index contributed by atoms with van der Waals surface area (Å²) in [7, 11) is -3.37. The number of carbonyl (C=O) groups excluding carboxylic acids is 1. The summed E-state index contributed by atoms with van der Waals surface area (Å²) in [5.74, 6) is -0.404. The van der Waals surface area contributed by atoms with Gasteiger partial charge in [0.15, 0.2) is 0 Å². The molecule has 1 amide bonds. The molecule has 0 saturated carbocycles. The number of rotatable bonds is 4. The van der Waals surface area contributed by atoms with Gasteiger partial charge < -0.3 is 5.32 Å². The van der Waals surface area contributed by atoms with E-state index in [4.69, 9.17) is 11.6 Å². The topological polar surface area (TPSA) is 88.2 Å². The van der Waals surface area contributed by atoms with Crippen LogP contribution in [-0.2, 0) is 10.0 Å². The summed E-state index contributed by atoms with van der Waals surface area (Å²) in [6, 6.07) is 7.85. The molecule has 0 bridgehead atoms. The molecule has 1 aromatic carbocycles. The lowest BCUT2D eigenvalue weighted by atomic mass is 10.2. The Bertz CT molecular complexity index is 778. The lowest BCUT2D eigenvalue weighted by molar-refractivity contribution is 0.102. The fourth-order valence-corrected chi connectivity index (χ4v) is 2.39. The molecule has 1 aromatic heterocycles. The summed E-state index contributed by atoms with van der Waals surface area (Å²) in [6.45, 7) is 0. The largest absolute Gasteiger partial charge is 0.322 e. The van der Waals surface area contributed by atoms with E-state index < -0.39 is 15.9 Å². The van der Waals surface area contributed by atoms with Crippen molar-refractivity contribution >= 4 is 38.9 Å². The number of sulfonamides is 1. The number of aromatic nitrogens is 1. The Morgan fingerprint density at radius 1 is 1.24 bits per heavy atom. The molecule has 0 aliphatic rings. The van der Waals surface area contributed by atoms with Crippen molar-refractivity contribution in [2.75, 3.05) is 16.3 Å². The number of benzene rings is 1. The lowest BCUT2D eigenvalue weighted by Gasteiger charge is -2.09. The number of hydrogen-bond donors (Lipinski definition) is 2. The molecule has 1 heterocycles. The fourth-order valence-electron chi connectivity index (χ4n) is 1.63. The molecule has 2 aromatic rings. The van der Waals surface area contributed by atoms with Gasteiger partial charge in [-0.2, -0.15) is 0 Å². The average molecular weight is 326 g/mol. The molecular formula is C13H12ClN3O3S. The lowest BCUT2D eigenvalue weighted by Crippen LogP contribution is -2.13. The first-order chi connectivity index (χ1) is 9.85. The minimum absolute atomic E-state index is 0.236. The highest BCUT2D eigenvalue weighted by atomic mass is 35.5. The van der Waals surface area contributed by atoms with Gasteiger partial charge in [-0.05, 0) is 24.3 Å². The Morgan fingerprint density at radius 3 is 2.62 bits per heavy atom. The number of pyridine rings is 1. The van der Waals surface area contributed by atoms with Crippen LogP contribution in [0, 0.1) is 0 Å². The Labute approximate surface area is 127 Å². The Balaban J connectivity index is 2.19. The maximum atomic E-state index is 12.1. The first-order valence-corrected chi connectivity index (χ1v) is 8.11. The van der Waals surface area contributed by atoms with Gasteiger partial charge in [-0.3, -0.25) is 14.5 Å². The van der Waals surface area contributed by atoms with Crippen molar-refractivity contribution in [2.45, 2.75) is 0 Å². The van der Waals surface area contributed by atoms with Crippen LogP contribution >= 0.6 is 11.6 Å². The van der Waals surface area contributed by atoms with E-state index in [2.05, 4.69) is 15.0 Å². The number of anilines is 2. The second kappa shape index (κ2) is 6.11. The second-order valence-electron chi connectivity index (χ2n) is 4.26. The number of carbonyl (C=O) groups is 1. The third-order valence-electron chi connectivity index (χ3n) is 2.44. The molecule has 6 nitrogen and oxygen atoms in total. The van der Waals surface area contributed by atoms with Crippen LogP contribution in [0.4, 0.5) is 11.4 Å². The molecule has 0 unspecified atom stereocenters.